The number of amides is 1. The molecule has 0 spiro atoms. The predicted molar refractivity (Wildman–Crippen MR) is 72.1 cm³/mol. The minimum absolute atomic E-state index is 0. The summed E-state index contributed by atoms with van der Waals surface area (Å²) in [6.45, 7) is 3.66. The van der Waals surface area contributed by atoms with Gasteiger partial charge in [0.15, 0.2) is 11.5 Å². The number of rotatable bonds is 6. The lowest BCUT2D eigenvalue weighted by Crippen LogP contribution is -3.19. The van der Waals surface area contributed by atoms with Crippen molar-refractivity contribution in [3.63, 3.8) is 0 Å². The maximum atomic E-state index is 12.5. The van der Waals surface area contributed by atoms with Gasteiger partial charge in [0, 0.05) is 7.05 Å². The van der Waals surface area contributed by atoms with Gasteiger partial charge in [-0.3, -0.25) is 0 Å². The number of carbonyl (C=O) groups excluding carboxylic acids is 1. The number of aliphatic hydroxyl groups excluding tert-OH is 1. The Balaban J connectivity index is 0.00000220. The van der Waals surface area contributed by atoms with Crippen LogP contribution in [0.4, 0.5) is 0 Å². The number of halogens is 1. The van der Waals surface area contributed by atoms with E-state index in [1.165, 1.54) is 0 Å². The summed E-state index contributed by atoms with van der Waals surface area (Å²) in [5, 5.41) is 8.73. The monoisotopic (exact) mass is 319 g/mol. The van der Waals surface area contributed by atoms with E-state index in [1.807, 2.05) is 23.8 Å². The molecule has 0 fully saturated rings. The molecule has 9 heteroatoms. The fourth-order valence-electron chi connectivity index (χ4n) is 2.39. The van der Waals surface area contributed by atoms with Gasteiger partial charge in [0.05, 0.1) is 26.4 Å². The highest BCUT2D eigenvalue weighted by Gasteiger charge is 2.42. The Bertz CT molecular complexity index is 454. The Morgan fingerprint density at radius 1 is 1.52 bits per heavy atom. The molecule has 2 aliphatic rings. The molecule has 2 aliphatic heterocycles. The van der Waals surface area contributed by atoms with Gasteiger partial charge in [0.2, 0.25) is 0 Å². The molecule has 4 N–H and O–H groups in total. The van der Waals surface area contributed by atoms with E-state index in [-0.39, 0.29) is 38.3 Å². The van der Waals surface area contributed by atoms with Crippen LogP contribution in [0.5, 0.6) is 0 Å². The highest BCUT2D eigenvalue weighted by Crippen LogP contribution is 2.24. The SMILES string of the molecule is CCC[NH+]1C(=O)C2=C(N=C1N)N(COCCO)CN2C.[Cl-]. The summed E-state index contributed by atoms with van der Waals surface area (Å²) in [6, 6.07) is 0. The van der Waals surface area contributed by atoms with Crippen LogP contribution >= 0.6 is 0 Å². The summed E-state index contributed by atoms with van der Waals surface area (Å²) in [5.41, 5.74) is 6.48. The number of quaternary nitrogens is 1. The summed E-state index contributed by atoms with van der Waals surface area (Å²) < 4.78 is 5.30. The third kappa shape index (κ3) is 3.46. The lowest BCUT2D eigenvalue weighted by molar-refractivity contribution is -0.721. The van der Waals surface area contributed by atoms with Gasteiger partial charge in [-0.15, -0.1) is 0 Å². The summed E-state index contributed by atoms with van der Waals surface area (Å²) in [5.74, 6) is 0.826. The van der Waals surface area contributed by atoms with Crippen LogP contribution in [0.15, 0.2) is 16.5 Å². The average Bonchev–Trinajstić information content (AvgIpc) is 2.71. The zero-order valence-electron chi connectivity index (χ0n) is 12.3. The Morgan fingerprint density at radius 2 is 2.24 bits per heavy atom. The van der Waals surface area contributed by atoms with Crippen LogP contribution in [0.2, 0.25) is 0 Å². The quantitative estimate of drug-likeness (QED) is 0.423. The molecule has 0 aromatic heterocycles. The number of ether oxygens (including phenoxy) is 1. The van der Waals surface area contributed by atoms with Crippen molar-refractivity contribution in [2.75, 3.05) is 40.2 Å². The molecule has 0 saturated carbocycles. The first-order chi connectivity index (χ1) is 9.60. The molecule has 1 amide bonds. The van der Waals surface area contributed by atoms with E-state index < -0.39 is 0 Å². The third-order valence-electron chi connectivity index (χ3n) is 3.28. The number of hydrogen-bond donors (Lipinski definition) is 3. The molecule has 1 atom stereocenters. The Kier molecular flexibility index (Phi) is 6.41. The number of aliphatic imine (C=N–C) groups is 1. The molecule has 0 aliphatic carbocycles. The minimum Gasteiger partial charge on any atom is -1.00 e. The first-order valence-corrected chi connectivity index (χ1v) is 6.74. The van der Waals surface area contributed by atoms with Gasteiger partial charge in [-0.25, -0.2) is 9.69 Å². The van der Waals surface area contributed by atoms with Crippen LogP contribution in [-0.4, -0.2) is 67.0 Å². The predicted octanol–water partition coefficient (Wildman–Crippen LogP) is -5.52. The van der Waals surface area contributed by atoms with Crippen LogP contribution < -0.4 is 23.0 Å². The van der Waals surface area contributed by atoms with E-state index in [4.69, 9.17) is 15.6 Å². The molecule has 0 aromatic carbocycles. The number of nitrogens with zero attached hydrogens (tertiary/aromatic N) is 3. The smallest absolute Gasteiger partial charge is 0.371 e. The molecular formula is C12H22ClN5O3. The van der Waals surface area contributed by atoms with Gasteiger partial charge >= 0.3 is 11.9 Å². The van der Waals surface area contributed by atoms with E-state index in [1.54, 1.807) is 0 Å². The Hall–Kier alpha value is -1.35. The maximum absolute atomic E-state index is 12.5. The van der Waals surface area contributed by atoms with E-state index >= 15 is 0 Å². The number of hydrogen-bond acceptors (Lipinski definition) is 7. The molecule has 0 radical (unpaired) electrons. The summed E-state index contributed by atoms with van der Waals surface area (Å²) in [4.78, 5) is 21.1. The number of nitrogens with one attached hydrogen (secondary N) is 1. The first-order valence-electron chi connectivity index (χ1n) is 6.74. The summed E-state index contributed by atoms with van der Waals surface area (Å²) in [7, 11) is 1.85. The lowest BCUT2D eigenvalue weighted by atomic mass is 10.3. The average molecular weight is 320 g/mol. The van der Waals surface area contributed by atoms with Crippen molar-refractivity contribution >= 4 is 11.9 Å². The van der Waals surface area contributed by atoms with Gasteiger partial charge in [0.25, 0.3) is 0 Å². The fraction of sp³-hybridized carbons (Fsp3) is 0.667. The van der Waals surface area contributed by atoms with Crippen LogP contribution in [0.1, 0.15) is 13.3 Å². The zero-order chi connectivity index (χ0) is 14.7. The van der Waals surface area contributed by atoms with Crippen molar-refractivity contribution in [2.45, 2.75) is 13.3 Å². The number of nitrogens with two attached hydrogens (primary N) is 1. The van der Waals surface area contributed by atoms with Crippen LogP contribution in [0.3, 0.4) is 0 Å². The van der Waals surface area contributed by atoms with Crippen LogP contribution in [0.25, 0.3) is 0 Å². The largest absolute Gasteiger partial charge is 1.00 e. The second-order valence-electron chi connectivity index (χ2n) is 4.87. The standard InChI is InChI=1S/C12H21N5O3.ClH/c1-3-4-17-11(19)9-10(14-12(17)13)16(7-15(9)2)8-20-6-5-18;/h18H,3-8H2,1-2H3,(H2,13,14);1H. The summed E-state index contributed by atoms with van der Waals surface area (Å²) in [6.07, 6.45) is 0.854. The molecule has 1 unspecified atom stereocenters. The van der Waals surface area contributed by atoms with Gasteiger partial charge in [-0.1, -0.05) is 6.92 Å². The highest BCUT2D eigenvalue weighted by atomic mass is 35.5. The van der Waals surface area contributed by atoms with Crippen LogP contribution in [-0.2, 0) is 9.53 Å². The molecular weight excluding hydrogens is 298 g/mol. The first kappa shape index (κ1) is 17.7. The van der Waals surface area contributed by atoms with E-state index in [0.717, 1.165) is 6.42 Å². The summed E-state index contributed by atoms with van der Waals surface area (Å²) >= 11 is 0. The topological polar surface area (TPSA) is 95.8 Å². The van der Waals surface area contributed by atoms with Gasteiger partial charge in [0.1, 0.15) is 6.73 Å². The molecule has 8 nitrogen and oxygen atoms in total. The van der Waals surface area contributed by atoms with Gasteiger partial charge in [-0.2, -0.15) is 4.99 Å². The van der Waals surface area contributed by atoms with Gasteiger partial charge in [-0.05, 0) is 6.42 Å². The van der Waals surface area contributed by atoms with Crippen molar-refractivity contribution in [3.05, 3.63) is 11.5 Å². The van der Waals surface area contributed by atoms with Gasteiger partial charge < -0.3 is 37.8 Å². The number of carbonyl (C=O) groups is 1. The lowest BCUT2D eigenvalue weighted by Gasteiger charge is -2.22. The van der Waals surface area contributed by atoms with Crippen LogP contribution in [0, 0.1) is 0 Å². The Labute approximate surface area is 130 Å². The second kappa shape index (κ2) is 7.60. The van der Waals surface area contributed by atoms with Crippen molar-refractivity contribution in [3.8, 4) is 0 Å². The number of aliphatic hydroxyl groups is 1. The van der Waals surface area contributed by atoms with E-state index in [9.17, 15) is 4.79 Å². The normalized spacial score (nSPS) is 21.4. The number of likely N-dealkylation sites (N-methyl/N-ethyl adjacent to an activating group) is 1. The van der Waals surface area contributed by atoms with Crippen molar-refractivity contribution in [2.24, 2.45) is 10.7 Å². The molecule has 2 rings (SSSR count). The number of guanidine groups is 1. The highest BCUT2D eigenvalue weighted by molar-refractivity contribution is 5.96. The van der Waals surface area contributed by atoms with Crippen molar-refractivity contribution in [1.29, 1.82) is 0 Å². The molecule has 120 valence electrons. The zero-order valence-corrected chi connectivity index (χ0v) is 13.1. The third-order valence-corrected chi connectivity index (χ3v) is 3.28. The molecule has 0 bridgehead atoms. The maximum Gasteiger partial charge on any atom is 0.371 e. The Morgan fingerprint density at radius 3 is 2.86 bits per heavy atom. The van der Waals surface area contributed by atoms with Crippen molar-refractivity contribution in [1.82, 2.24) is 9.80 Å². The van der Waals surface area contributed by atoms with E-state index in [2.05, 4.69) is 4.99 Å². The fourth-order valence-corrected chi connectivity index (χ4v) is 2.39. The van der Waals surface area contributed by atoms with E-state index in [0.29, 0.717) is 35.6 Å². The molecule has 0 aromatic rings. The molecule has 21 heavy (non-hydrogen) atoms. The minimum atomic E-state index is -0.0403. The molecule has 2 heterocycles. The second-order valence-corrected chi connectivity index (χ2v) is 4.87. The van der Waals surface area contributed by atoms with Crippen molar-refractivity contribution < 1.29 is 31.9 Å². The molecule has 0 saturated heterocycles.